The lowest BCUT2D eigenvalue weighted by molar-refractivity contribution is -0.116. The van der Waals surface area contributed by atoms with Gasteiger partial charge in [0.2, 0.25) is 5.91 Å². The van der Waals surface area contributed by atoms with Crippen LogP contribution in [0.1, 0.15) is 22.5 Å². The predicted octanol–water partition coefficient (Wildman–Crippen LogP) is 4.69. The lowest BCUT2D eigenvalue weighted by Gasteiger charge is -2.08. The minimum Gasteiger partial charge on any atom is -0.326 e. The summed E-state index contributed by atoms with van der Waals surface area (Å²) in [6, 6.07) is 19.1. The normalized spacial score (nSPS) is 10.8. The second-order valence-electron chi connectivity index (χ2n) is 6.10. The van der Waals surface area contributed by atoms with Crippen molar-refractivity contribution in [3.8, 4) is 5.69 Å². The number of imidazole rings is 1. The summed E-state index contributed by atoms with van der Waals surface area (Å²) in [5.41, 5.74) is 3.64. The number of aromatic nitrogens is 2. The number of carbonyl (C=O) groups excluding carboxylic acids is 2. The Kier molecular flexibility index (Phi) is 4.80. The largest absolute Gasteiger partial charge is 0.326 e. The van der Waals surface area contributed by atoms with Gasteiger partial charge in [0, 0.05) is 24.2 Å². The molecule has 6 heteroatoms. The number of anilines is 1. The fourth-order valence-electron chi connectivity index (χ4n) is 2.88. The molecule has 0 unspecified atom stereocenters. The van der Waals surface area contributed by atoms with Crippen LogP contribution in [0.5, 0.6) is 0 Å². The van der Waals surface area contributed by atoms with Gasteiger partial charge in [0.1, 0.15) is 6.33 Å². The van der Waals surface area contributed by atoms with E-state index < -0.39 is 0 Å². The number of carbonyl (C=O) groups is 2. The molecule has 0 aliphatic carbocycles. The highest BCUT2D eigenvalue weighted by Crippen LogP contribution is 2.20. The van der Waals surface area contributed by atoms with E-state index in [9.17, 15) is 9.59 Å². The van der Waals surface area contributed by atoms with E-state index in [1.54, 1.807) is 12.4 Å². The summed E-state index contributed by atoms with van der Waals surface area (Å²) in [6.07, 6.45) is 2.17. The van der Waals surface area contributed by atoms with Crippen molar-refractivity contribution >= 4 is 39.7 Å². The van der Waals surface area contributed by atoms with E-state index in [0.29, 0.717) is 10.6 Å². The molecule has 0 saturated heterocycles. The topological polar surface area (TPSA) is 64.0 Å². The third-order valence-electron chi connectivity index (χ3n) is 4.26. The van der Waals surface area contributed by atoms with Crippen molar-refractivity contribution < 1.29 is 9.59 Å². The van der Waals surface area contributed by atoms with Gasteiger partial charge >= 0.3 is 0 Å². The van der Waals surface area contributed by atoms with Crippen LogP contribution in [-0.2, 0) is 4.79 Å². The number of nitrogens with one attached hydrogen (secondary N) is 1. The van der Waals surface area contributed by atoms with Crippen LogP contribution in [-0.4, -0.2) is 21.2 Å². The van der Waals surface area contributed by atoms with Gasteiger partial charge in [-0.05, 0) is 47.8 Å². The smallest absolute Gasteiger partial charge is 0.224 e. The average molecular weight is 375 g/mol. The number of nitrogens with zero attached hydrogens (tertiary/aromatic N) is 2. The summed E-state index contributed by atoms with van der Waals surface area (Å²) in [5.74, 6) is -0.164. The summed E-state index contributed by atoms with van der Waals surface area (Å²) < 4.78 is 2.00. The SMILES string of the molecule is O=C(CCC(=O)c1cccs1)Nc1ccc(-n2cnc3ccccc32)cc1. The molecule has 5 nitrogen and oxygen atoms in total. The highest BCUT2D eigenvalue weighted by molar-refractivity contribution is 7.12. The molecule has 0 radical (unpaired) electrons. The number of ketones is 1. The van der Waals surface area contributed by atoms with Crippen molar-refractivity contribution in [1.82, 2.24) is 9.55 Å². The minimum absolute atomic E-state index is 0.00230. The van der Waals surface area contributed by atoms with Crippen molar-refractivity contribution in [1.29, 1.82) is 0 Å². The molecular weight excluding hydrogens is 358 g/mol. The van der Waals surface area contributed by atoms with Gasteiger partial charge in [-0.1, -0.05) is 18.2 Å². The van der Waals surface area contributed by atoms with E-state index in [1.807, 2.05) is 64.5 Å². The van der Waals surface area contributed by atoms with Crippen molar-refractivity contribution in [2.45, 2.75) is 12.8 Å². The third kappa shape index (κ3) is 3.80. The molecular formula is C21H17N3O2S. The second-order valence-corrected chi connectivity index (χ2v) is 7.05. The van der Waals surface area contributed by atoms with E-state index in [4.69, 9.17) is 0 Å². The van der Waals surface area contributed by atoms with Gasteiger partial charge < -0.3 is 5.32 Å². The molecule has 2 aromatic heterocycles. The molecule has 0 saturated carbocycles. The Balaban J connectivity index is 1.39. The first-order valence-electron chi connectivity index (χ1n) is 8.60. The van der Waals surface area contributed by atoms with Crippen molar-refractivity contribution in [2.24, 2.45) is 0 Å². The van der Waals surface area contributed by atoms with Crippen molar-refractivity contribution in [3.63, 3.8) is 0 Å². The Bertz CT molecular complexity index is 1080. The van der Waals surface area contributed by atoms with Gasteiger partial charge in [-0.3, -0.25) is 14.2 Å². The monoisotopic (exact) mass is 375 g/mol. The molecule has 2 heterocycles. The van der Waals surface area contributed by atoms with Crippen LogP contribution in [0.3, 0.4) is 0 Å². The first-order chi connectivity index (χ1) is 13.2. The molecule has 0 aliphatic rings. The molecule has 134 valence electrons. The number of fused-ring (bicyclic) bond motifs is 1. The maximum Gasteiger partial charge on any atom is 0.224 e. The molecule has 0 fully saturated rings. The molecule has 4 rings (SSSR count). The van der Waals surface area contributed by atoms with Gasteiger partial charge in [-0.15, -0.1) is 11.3 Å². The number of para-hydroxylation sites is 2. The number of amides is 1. The van der Waals surface area contributed by atoms with Gasteiger partial charge in [0.15, 0.2) is 5.78 Å². The second kappa shape index (κ2) is 7.55. The number of benzene rings is 2. The molecule has 0 atom stereocenters. The minimum atomic E-state index is -0.166. The van der Waals surface area contributed by atoms with Crippen LogP contribution in [0.15, 0.2) is 72.4 Å². The zero-order valence-electron chi connectivity index (χ0n) is 14.5. The van der Waals surface area contributed by atoms with Crippen LogP contribution in [0.2, 0.25) is 0 Å². The number of hydrogen-bond acceptors (Lipinski definition) is 4. The van der Waals surface area contributed by atoms with Crippen molar-refractivity contribution in [2.75, 3.05) is 5.32 Å². The maximum absolute atomic E-state index is 12.1. The Labute approximate surface area is 160 Å². The fraction of sp³-hybridized carbons (Fsp3) is 0.0952. The fourth-order valence-corrected chi connectivity index (χ4v) is 3.58. The number of thiophene rings is 1. The molecule has 0 bridgehead atoms. The summed E-state index contributed by atoms with van der Waals surface area (Å²) in [4.78, 5) is 29.2. The maximum atomic E-state index is 12.1. The lowest BCUT2D eigenvalue weighted by Crippen LogP contribution is -2.13. The van der Waals surface area contributed by atoms with Gasteiger partial charge in [0.05, 0.1) is 15.9 Å². The third-order valence-corrected chi connectivity index (χ3v) is 5.17. The first-order valence-corrected chi connectivity index (χ1v) is 9.48. The Morgan fingerprint density at radius 3 is 2.56 bits per heavy atom. The number of rotatable bonds is 6. The lowest BCUT2D eigenvalue weighted by atomic mass is 10.2. The summed E-state index contributed by atoms with van der Waals surface area (Å²) in [7, 11) is 0. The zero-order chi connectivity index (χ0) is 18.6. The predicted molar refractivity (Wildman–Crippen MR) is 108 cm³/mol. The molecule has 27 heavy (non-hydrogen) atoms. The summed E-state index contributed by atoms with van der Waals surface area (Å²) >= 11 is 1.40. The molecule has 1 N–H and O–H groups in total. The summed E-state index contributed by atoms with van der Waals surface area (Å²) in [5, 5.41) is 4.70. The van der Waals surface area contributed by atoms with Crippen LogP contribution < -0.4 is 5.32 Å². The van der Waals surface area contributed by atoms with E-state index in [1.165, 1.54) is 11.3 Å². The van der Waals surface area contributed by atoms with Crippen molar-refractivity contribution in [3.05, 3.63) is 77.2 Å². The van der Waals surface area contributed by atoms with E-state index in [0.717, 1.165) is 16.7 Å². The molecule has 2 aromatic carbocycles. The van der Waals surface area contributed by atoms with Gasteiger partial charge in [-0.2, -0.15) is 0 Å². The Morgan fingerprint density at radius 1 is 0.963 bits per heavy atom. The number of hydrogen-bond donors (Lipinski definition) is 1. The standard InChI is InChI=1S/C21H17N3O2S/c25-19(20-6-3-13-27-20)11-12-21(26)23-15-7-9-16(10-8-15)24-14-22-17-4-1-2-5-18(17)24/h1-10,13-14H,11-12H2,(H,23,26). The highest BCUT2D eigenvalue weighted by Gasteiger charge is 2.10. The van der Waals surface area contributed by atoms with Gasteiger partial charge in [-0.25, -0.2) is 4.98 Å². The van der Waals surface area contributed by atoms with E-state index >= 15 is 0 Å². The van der Waals surface area contributed by atoms with E-state index in [-0.39, 0.29) is 24.5 Å². The molecule has 4 aromatic rings. The van der Waals surface area contributed by atoms with E-state index in [2.05, 4.69) is 10.3 Å². The Hall–Kier alpha value is -3.25. The van der Waals surface area contributed by atoms with Gasteiger partial charge in [0.25, 0.3) is 0 Å². The van der Waals surface area contributed by atoms with Crippen LogP contribution >= 0.6 is 11.3 Å². The summed E-state index contributed by atoms with van der Waals surface area (Å²) in [6.45, 7) is 0. The van der Waals surface area contributed by atoms with Crippen LogP contribution in [0.25, 0.3) is 16.7 Å². The average Bonchev–Trinajstić information content (AvgIpc) is 3.37. The quantitative estimate of drug-likeness (QED) is 0.497. The number of Topliss-reactive ketones (excluding diaryl/α,β-unsaturated/α-hetero) is 1. The molecule has 0 spiro atoms. The Morgan fingerprint density at radius 2 is 1.78 bits per heavy atom. The highest BCUT2D eigenvalue weighted by atomic mass is 32.1. The first kappa shape index (κ1) is 17.2. The molecule has 1 amide bonds. The zero-order valence-corrected chi connectivity index (χ0v) is 15.3. The van der Waals surface area contributed by atoms with Crippen LogP contribution in [0, 0.1) is 0 Å². The van der Waals surface area contributed by atoms with Crippen LogP contribution in [0.4, 0.5) is 5.69 Å². The molecule has 0 aliphatic heterocycles.